The van der Waals surface area contributed by atoms with Gasteiger partial charge < -0.3 is 30.3 Å². The van der Waals surface area contributed by atoms with Gasteiger partial charge in [-0.05, 0) is 6.92 Å². The third-order valence-electron chi connectivity index (χ3n) is 0.805. The summed E-state index contributed by atoms with van der Waals surface area (Å²) in [4.78, 5) is 28.4. The molecule has 0 bridgehead atoms. The van der Waals surface area contributed by atoms with Gasteiger partial charge in [-0.3, -0.25) is 0 Å². The number of hydrogen-bond donors (Lipinski definition) is 4. The summed E-state index contributed by atoms with van der Waals surface area (Å²) in [5.41, 5.74) is 0. The second-order valence-corrected chi connectivity index (χ2v) is 2.06. The van der Waals surface area contributed by atoms with Gasteiger partial charge in [-0.1, -0.05) is 0 Å². The van der Waals surface area contributed by atoms with Crippen LogP contribution in [0.3, 0.4) is 0 Å². The smallest absolute Gasteiger partial charge is 0.550 e. The fraction of sp³-hybridized carbons (Fsp3) is 0.500. The zero-order valence-corrected chi connectivity index (χ0v) is 8.32. The van der Waals surface area contributed by atoms with Crippen molar-refractivity contribution in [1.29, 1.82) is 0 Å². The first-order valence-corrected chi connectivity index (χ1v) is 3.19. The van der Waals surface area contributed by atoms with E-state index in [1.807, 2.05) is 0 Å². The molecule has 0 aromatic carbocycles. The van der Waals surface area contributed by atoms with Crippen LogP contribution in [0.1, 0.15) is 6.92 Å². The molecule has 2 atom stereocenters. The molecule has 0 aliphatic rings. The molecule has 9 heteroatoms. The summed E-state index contributed by atoms with van der Waals surface area (Å²) in [7, 11) is 0. The normalized spacial score (nSPS) is 12.2. The van der Waals surface area contributed by atoms with Crippen molar-refractivity contribution in [3.8, 4) is 0 Å². The molecule has 0 aliphatic carbocycles. The topological polar surface area (TPSA) is 155 Å². The largest absolute Gasteiger partial charge is 1.00 e. The van der Waals surface area contributed by atoms with Gasteiger partial charge in [0, 0.05) is 5.97 Å². The van der Waals surface area contributed by atoms with Crippen LogP contribution in [0.25, 0.3) is 0 Å². The number of carboxylic acid groups (broad SMARTS) is 3. The maximum Gasteiger partial charge on any atom is 1.00 e. The molecule has 0 heterocycles. The molecule has 0 amide bonds. The summed E-state index contributed by atoms with van der Waals surface area (Å²) in [5.74, 6) is -4.62. The Labute approximate surface area is 94.6 Å². The van der Waals surface area contributed by atoms with E-state index in [0.29, 0.717) is 0 Å². The molecular weight excluding hydrogens is 264 g/mol. The van der Waals surface area contributed by atoms with Crippen LogP contribution in [0, 0.1) is 0 Å². The average Bonchev–Trinajstić information content (AvgIpc) is 2.00. The molecule has 0 saturated carbocycles. The van der Waals surface area contributed by atoms with E-state index in [4.69, 9.17) is 30.3 Å². The molecule has 0 fully saturated rings. The quantitative estimate of drug-likeness (QED) is 0.388. The fourth-order valence-electron chi connectivity index (χ4n) is 0.270. The van der Waals surface area contributed by atoms with Crippen LogP contribution in [0.4, 0.5) is 0 Å². The van der Waals surface area contributed by atoms with Gasteiger partial charge >= 0.3 is 29.0 Å². The van der Waals surface area contributed by atoms with E-state index < -0.39 is 30.1 Å². The van der Waals surface area contributed by atoms with Crippen molar-refractivity contribution in [3.63, 3.8) is 0 Å². The fourth-order valence-corrected chi connectivity index (χ4v) is 0.270. The molecule has 15 heavy (non-hydrogen) atoms. The van der Waals surface area contributed by atoms with Gasteiger partial charge in [-0.15, -0.1) is 0 Å². The Kier molecular flexibility index (Phi) is 12.2. The zero-order chi connectivity index (χ0) is 11.9. The standard InChI is InChI=1S/C4H6O6.C2H4O2.Cu/c5-1(3(7)8)2(6)4(9)10;1-2(3)4;/h1-2,5-6H,(H,7,8)(H,9,10);1H3,(H,3,4);/q;;+1/p-1. The molecule has 0 aliphatic heterocycles. The second kappa shape index (κ2) is 9.41. The number of rotatable bonds is 3. The van der Waals surface area contributed by atoms with Crippen LogP contribution in [0.2, 0.25) is 0 Å². The van der Waals surface area contributed by atoms with Crippen LogP contribution in [-0.2, 0) is 31.5 Å². The van der Waals surface area contributed by atoms with Gasteiger partial charge in [0.15, 0.2) is 12.2 Å². The summed E-state index contributed by atoms with van der Waals surface area (Å²) in [6.45, 7) is 0.972. The second-order valence-electron chi connectivity index (χ2n) is 2.06. The van der Waals surface area contributed by atoms with Crippen molar-refractivity contribution in [1.82, 2.24) is 0 Å². The molecular formula is C6H9CuO8. The van der Waals surface area contributed by atoms with Gasteiger partial charge in [0.05, 0.1) is 0 Å². The van der Waals surface area contributed by atoms with Crippen molar-refractivity contribution in [3.05, 3.63) is 0 Å². The predicted octanol–water partition coefficient (Wildman–Crippen LogP) is -3.37. The van der Waals surface area contributed by atoms with Crippen LogP contribution in [-0.4, -0.2) is 50.5 Å². The Morgan fingerprint density at radius 1 is 1.00 bits per heavy atom. The first-order valence-electron chi connectivity index (χ1n) is 3.19. The van der Waals surface area contributed by atoms with E-state index in [1.165, 1.54) is 0 Å². The minimum atomic E-state index is -2.27. The first-order chi connectivity index (χ1) is 6.20. The summed E-state index contributed by atoms with van der Waals surface area (Å²) < 4.78 is 0. The number of carbonyl (C=O) groups excluding carboxylic acids is 1. The van der Waals surface area contributed by atoms with Crippen molar-refractivity contribution >= 4 is 17.9 Å². The molecule has 0 rings (SSSR count). The third kappa shape index (κ3) is 12.8. The van der Waals surface area contributed by atoms with E-state index in [2.05, 4.69) is 0 Å². The summed E-state index contributed by atoms with van der Waals surface area (Å²) in [6.07, 6.45) is -4.53. The van der Waals surface area contributed by atoms with E-state index in [9.17, 15) is 9.59 Å². The molecule has 2 unspecified atom stereocenters. The first kappa shape index (κ1) is 19.4. The number of aliphatic hydroxyl groups excluding tert-OH is 2. The van der Waals surface area contributed by atoms with E-state index in [1.54, 1.807) is 0 Å². The molecule has 92 valence electrons. The van der Waals surface area contributed by atoms with Gasteiger partial charge in [-0.25, -0.2) is 9.59 Å². The molecule has 0 aromatic heterocycles. The van der Waals surface area contributed by atoms with Gasteiger partial charge in [0.2, 0.25) is 0 Å². The molecule has 0 aromatic rings. The molecule has 4 N–H and O–H groups in total. The van der Waals surface area contributed by atoms with Crippen molar-refractivity contribution in [2.45, 2.75) is 19.1 Å². The van der Waals surface area contributed by atoms with Gasteiger partial charge in [0.1, 0.15) is 0 Å². The number of carboxylic acids is 3. The summed E-state index contributed by atoms with van der Waals surface area (Å²) in [5, 5.41) is 41.4. The molecule has 0 saturated heterocycles. The van der Waals surface area contributed by atoms with Crippen molar-refractivity contribution in [2.24, 2.45) is 0 Å². The maximum atomic E-state index is 9.77. The Hall–Kier alpha value is -1.15. The van der Waals surface area contributed by atoms with Crippen LogP contribution < -0.4 is 5.11 Å². The molecule has 0 spiro atoms. The molecule has 0 radical (unpaired) electrons. The summed E-state index contributed by atoms with van der Waals surface area (Å²) >= 11 is 0. The number of carbonyl (C=O) groups is 3. The third-order valence-corrected chi connectivity index (χ3v) is 0.805. The average molecular weight is 273 g/mol. The van der Waals surface area contributed by atoms with E-state index >= 15 is 0 Å². The number of hydrogen-bond acceptors (Lipinski definition) is 6. The van der Waals surface area contributed by atoms with E-state index in [-0.39, 0.29) is 17.1 Å². The van der Waals surface area contributed by atoms with Crippen molar-refractivity contribution < 1.29 is 57.0 Å². The number of aliphatic carboxylic acids is 3. The summed E-state index contributed by atoms with van der Waals surface area (Å²) in [6, 6.07) is 0. The Morgan fingerprint density at radius 2 is 1.13 bits per heavy atom. The number of aliphatic hydroxyl groups is 2. The minimum Gasteiger partial charge on any atom is -0.550 e. The minimum absolute atomic E-state index is 0. The van der Waals surface area contributed by atoms with Gasteiger partial charge in [-0.2, -0.15) is 0 Å². The Bertz CT molecular complexity index is 205. The van der Waals surface area contributed by atoms with E-state index in [0.717, 1.165) is 6.92 Å². The predicted molar refractivity (Wildman–Crippen MR) is 38.0 cm³/mol. The van der Waals surface area contributed by atoms with Crippen LogP contribution >= 0.6 is 0 Å². The Morgan fingerprint density at radius 3 is 1.20 bits per heavy atom. The SMILES string of the molecule is CC(=O)[O-].O=C(O)C(O)C(O)C(=O)O.[Cu+]. The van der Waals surface area contributed by atoms with Gasteiger partial charge in [0.25, 0.3) is 0 Å². The maximum absolute atomic E-state index is 9.77. The van der Waals surface area contributed by atoms with Crippen molar-refractivity contribution in [2.75, 3.05) is 0 Å². The molecule has 8 nitrogen and oxygen atoms in total. The Balaban J connectivity index is -0.000000249. The monoisotopic (exact) mass is 272 g/mol. The van der Waals surface area contributed by atoms with Crippen LogP contribution in [0.5, 0.6) is 0 Å². The zero-order valence-electron chi connectivity index (χ0n) is 7.38. The van der Waals surface area contributed by atoms with Crippen LogP contribution in [0.15, 0.2) is 0 Å².